The number of amides is 1. The SMILES string of the molecule is COc1ccc(CCC(=O)O[C@H](C)C(=O)NC2CCCC2)cc1. The first-order valence-electron chi connectivity index (χ1n) is 8.21. The zero-order valence-electron chi connectivity index (χ0n) is 13.8. The second kappa shape index (κ2) is 8.56. The molecule has 1 aliphatic carbocycles. The topological polar surface area (TPSA) is 64.6 Å². The Kier molecular flexibility index (Phi) is 6.44. The summed E-state index contributed by atoms with van der Waals surface area (Å²) in [6.45, 7) is 1.62. The van der Waals surface area contributed by atoms with Crippen molar-refractivity contribution < 1.29 is 19.1 Å². The van der Waals surface area contributed by atoms with Crippen molar-refractivity contribution in [3.63, 3.8) is 0 Å². The summed E-state index contributed by atoms with van der Waals surface area (Å²) in [6, 6.07) is 7.80. The van der Waals surface area contributed by atoms with E-state index in [1.54, 1.807) is 14.0 Å². The van der Waals surface area contributed by atoms with Gasteiger partial charge in [-0.15, -0.1) is 0 Å². The summed E-state index contributed by atoms with van der Waals surface area (Å²) in [7, 11) is 1.62. The van der Waals surface area contributed by atoms with E-state index < -0.39 is 6.10 Å². The summed E-state index contributed by atoms with van der Waals surface area (Å²) in [5.41, 5.74) is 1.03. The maximum Gasteiger partial charge on any atom is 0.306 e. The molecule has 0 heterocycles. The number of carbonyl (C=O) groups excluding carboxylic acids is 2. The van der Waals surface area contributed by atoms with E-state index in [9.17, 15) is 9.59 Å². The number of esters is 1. The fourth-order valence-electron chi connectivity index (χ4n) is 2.74. The summed E-state index contributed by atoms with van der Waals surface area (Å²) in [4.78, 5) is 23.8. The molecule has 5 heteroatoms. The van der Waals surface area contributed by atoms with Gasteiger partial charge in [0.25, 0.3) is 5.91 Å². The number of hydrogen-bond donors (Lipinski definition) is 1. The maximum absolute atomic E-state index is 12.0. The van der Waals surface area contributed by atoms with Gasteiger partial charge in [0.1, 0.15) is 5.75 Å². The van der Waals surface area contributed by atoms with Gasteiger partial charge in [-0.25, -0.2) is 0 Å². The minimum Gasteiger partial charge on any atom is -0.497 e. The number of benzene rings is 1. The van der Waals surface area contributed by atoms with Crippen molar-refractivity contribution in [2.75, 3.05) is 7.11 Å². The normalized spacial score (nSPS) is 15.9. The fourth-order valence-corrected chi connectivity index (χ4v) is 2.74. The first-order valence-corrected chi connectivity index (χ1v) is 8.21. The Labute approximate surface area is 137 Å². The average Bonchev–Trinajstić information content (AvgIpc) is 3.06. The van der Waals surface area contributed by atoms with Gasteiger partial charge < -0.3 is 14.8 Å². The van der Waals surface area contributed by atoms with Crippen LogP contribution >= 0.6 is 0 Å². The minimum atomic E-state index is -0.737. The second-order valence-electron chi connectivity index (χ2n) is 5.97. The molecular formula is C18H25NO4. The van der Waals surface area contributed by atoms with Crippen LogP contribution in [0.3, 0.4) is 0 Å². The third-order valence-electron chi connectivity index (χ3n) is 4.16. The van der Waals surface area contributed by atoms with Crippen molar-refractivity contribution in [1.29, 1.82) is 0 Å². The maximum atomic E-state index is 12.0. The highest BCUT2D eigenvalue weighted by atomic mass is 16.5. The number of methoxy groups -OCH3 is 1. The fraction of sp³-hybridized carbons (Fsp3) is 0.556. The highest BCUT2D eigenvalue weighted by Crippen LogP contribution is 2.18. The summed E-state index contributed by atoms with van der Waals surface area (Å²) >= 11 is 0. The number of nitrogens with one attached hydrogen (secondary N) is 1. The third-order valence-corrected chi connectivity index (χ3v) is 4.16. The van der Waals surface area contributed by atoms with E-state index in [-0.39, 0.29) is 24.3 Å². The summed E-state index contributed by atoms with van der Waals surface area (Å²) < 4.78 is 10.3. The third kappa shape index (κ3) is 5.58. The quantitative estimate of drug-likeness (QED) is 0.785. The van der Waals surface area contributed by atoms with Gasteiger partial charge in [0, 0.05) is 12.5 Å². The highest BCUT2D eigenvalue weighted by Gasteiger charge is 2.22. The molecular weight excluding hydrogens is 294 g/mol. The number of ether oxygens (including phenoxy) is 2. The molecule has 1 aromatic rings. The smallest absolute Gasteiger partial charge is 0.306 e. The van der Waals surface area contributed by atoms with Crippen molar-refractivity contribution in [2.45, 2.75) is 57.6 Å². The van der Waals surface area contributed by atoms with Crippen molar-refractivity contribution >= 4 is 11.9 Å². The van der Waals surface area contributed by atoms with E-state index in [4.69, 9.17) is 9.47 Å². The van der Waals surface area contributed by atoms with Gasteiger partial charge in [-0.05, 0) is 43.9 Å². The van der Waals surface area contributed by atoms with Crippen LogP contribution in [-0.2, 0) is 20.7 Å². The lowest BCUT2D eigenvalue weighted by molar-refractivity contribution is -0.155. The molecule has 1 aromatic carbocycles. The monoisotopic (exact) mass is 319 g/mol. The molecule has 1 atom stereocenters. The van der Waals surface area contributed by atoms with Gasteiger partial charge >= 0.3 is 5.97 Å². The summed E-state index contributed by atoms with van der Waals surface area (Å²) in [6.07, 6.45) is 4.45. The van der Waals surface area contributed by atoms with Crippen molar-refractivity contribution in [1.82, 2.24) is 5.32 Å². The predicted molar refractivity (Wildman–Crippen MR) is 87.3 cm³/mol. The Hall–Kier alpha value is -2.04. The van der Waals surface area contributed by atoms with Crippen molar-refractivity contribution in [3.05, 3.63) is 29.8 Å². The first-order chi connectivity index (χ1) is 11.1. The lowest BCUT2D eigenvalue weighted by Gasteiger charge is -2.17. The molecule has 1 fully saturated rings. The van der Waals surface area contributed by atoms with E-state index in [1.165, 1.54) is 0 Å². The molecule has 0 aliphatic heterocycles. The highest BCUT2D eigenvalue weighted by molar-refractivity contribution is 5.83. The molecule has 1 aliphatic rings. The molecule has 0 saturated heterocycles. The van der Waals surface area contributed by atoms with Crippen LogP contribution in [0.1, 0.15) is 44.6 Å². The molecule has 0 aromatic heterocycles. The predicted octanol–water partition coefficient (Wildman–Crippen LogP) is 2.62. The van der Waals surface area contributed by atoms with E-state index in [0.717, 1.165) is 37.0 Å². The molecule has 0 radical (unpaired) electrons. The molecule has 0 spiro atoms. The zero-order valence-corrected chi connectivity index (χ0v) is 13.8. The van der Waals surface area contributed by atoms with Crippen LogP contribution in [0.25, 0.3) is 0 Å². The Morgan fingerprint density at radius 1 is 1.22 bits per heavy atom. The Balaban J connectivity index is 1.71. The molecule has 2 rings (SSSR count). The molecule has 1 N–H and O–H groups in total. The second-order valence-corrected chi connectivity index (χ2v) is 5.97. The molecule has 5 nitrogen and oxygen atoms in total. The Morgan fingerprint density at radius 2 is 1.87 bits per heavy atom. The molecule has 1 amide bonds. The number of hydrogen-bond acceptors (Lipinski definition) is 4. The molecule has 0 bridgehead atoms. The molecule has 126 valence electrons. The summed E-state index contributed by atoms with van der Waals surface area (Å²) in [5, 5.41) is 2.94. The van der Waals surface area contributed by atoms with Crippen LogP contribution in [0.2, 0.25) is 0 Å². The van der Waals surface area contributed by atoms with Gasteiger partial charge in [-0.1, -0.05) is 25.0 Å². The first kappa shape index (κ1) is 17.3. The standard InChI is InChI=1S/C18H25NO4/c1-13(18(21)19-15-5-3-4-6-15)23-17(20)12-9-14-7-10-16(22-2)11-8-14/h7-8,10-11,13,15H,3-6,9,12H2,1-2H3,(H,19,21)/t13-/m1/s1. The van der Waals surface area contributed by atoms with Crippen molar-refractivity contribution in [2.24, 2.45) is 0 Å². The van der Waals surface area contributed by atoms with Gasteiger partial charge in [-0.2, -0.15) is 0 Å². The van der Waals surface area contributed by atoms with Gasteiger partial charge in [0.2, 0.25) is 0 Å². The van der Waals surface area contributed by atoms with E-state index in [0.29, 0.717) is 6.42 Å². The van der Waals surface area contributed by atoms with E-state index >= 15 is 0 Å². The lowest BCUT2D eigenvalue weighted by Crippen LogP contribution is -2.40. The van der Waals surface area contributed by atoms with Crippen LogP contribution in [0, 0.1) is 0 Å². The van der Waals surface area contributed by atoms with Crippen LogP contribution in [-0.4, -0.2) is 31.1 Å². The molecule has 1 saturated carbocycles. The Bertz CT molecular complexity index is 520. The van der Waals surface area contributed by atoms with Crippen LogP contribution in [0.15, 0.2) is 24.3 Å². The van der Waals surface area contributed by atoms with Crippen molar-refractivity contribution in [3.8, 4) is 5.75 Å². The van der Waals surface area contributed by atoms with Gasteiger partial charge in [-0.3, -0.25) is 9.59 Å². The number of aryl methyl sites for hydroxylation is 1. The number of carbonyl (C=O) groups is 2. The number of rotatable bonds is 7. The zero-order chi connectivity index (χ0) is 16.7. The average molecular weight is 319 g/mol. The van der Waals surface area contributed by atoms with Gasteiger partial charge in [0.05, 0.1) is 7.11 Å². The van der Waals surface area contributed by atoms with Crippen LogP contribution in [0.4, 0.5) is 0 Å². The molecule has 0 unspecified atom stereocenters. The summed E-state index contributed by atoms with van der Waals surface area (Å²) in [5.74, 6) is 0.234. The Morgan fingerprint density at radius 3 is 2.48 bits per heavy atom. The van der Waals surface area contributed by atoms with E-state index in [1.807, 2.05) is 24.3 Å². The molecule has 23 heavy (non-hydrogen) atoms. The van der Waals surface area contributed by atoms with Gasteiger partial charge in [0.15, 0.2) is 6.10 Å². The lowest BCUT2D eigenvalue weighted by atomic mass is 10.1. The minimum absolute atomic E-state index is 0.199. The van der Waals surface area contributed by atoms with Crippen LogP contribution < -0.4 is 10.1 Å². The largest absolute Gasteiger partial charge is 0.497 e. The van der Waals surface area contributed by atoms with Crippen LogP contribution in [0.5, 0.6) is 5.75 Å². The van der Waals surface area contributed by atoms with E-state index in [2.05, 4.69) is 5.32 Å².